The van der Waals surface area contributed by atoms with Gasteiger partial charge in [-0.05, 0) is 12.1 Å². The molecular weight excluding hydrogens is 340 g/mol. The number of aliphatic carboxylic acids is 1. The summed E-state index contributed by atoms with van der Waals surface area (Å²) in [5.41, 5.74) is 6.00. The summed E-state index contributed by atoms with van der Waals surface area (Å²) in [5, 5.41) is 10.1. The zero-order valence-electron chi connectivity index (χ0n) is 11.8. The molecule has 1 aliphatic heterocycles. The van der Waals surface area contributed by atoms with E-state index >= 15 is 0 Å². The molecule has 1 aliphatic rings. The summed E-state index contributed by atoms with van der Waals surface area (Å²) in [7, 11) is -1.34. The van der Waals surface area contributed by atoms with Crippen LogP contribution in [-0.2, 0) is 16.1 Å². The maximum absolute atomic E-state index is 11.8. The smallest absolute Gasteiger partial charge is 0.305 e. The van der Waals surface area contributed by atoms with Crippen LogP contribution in [0.4, 0.5) is 5.69 Å². The monoisotopic (exact) mass is 352 g/mol. The molecule has 2 aromatic rings. The number of aryl methyl sites for hydroxylation is 1. The molecule has 2 heterocycles. The molecule has 23 heavy (non-hydrogen) atoms. The average molecular weight is 353 g/mol. The van der Waals surface area contributed by atoms with E-state index in [1.54, 1.807) is 29.1 Å². The Bertz CT molecular complexity index is 833. The summed E-state index contributed by atoms with van der Waals surface area (Å²) in [6, 6.07) is 5.31. The van der Waals surface area contributed by atoms with E-state index in [0.29, 0.717) is 15.9 Å². The first kappa shape index (κ1) is 15.6. The summed E-state index contributed by atoms with van der Waals surface area (Å²) < 4.78 is 1.72. The average Bonchev–Trinajstić information content (AvgIpc) is 3.09. The van der Waals surface area contributed by atoms with Gasteiger partial charge in [-0.1, -0.05) is 17.7 Å². The van der Waals surface area contributed by atoms with Gasteiger partial charge in [0.15, 0.2) is 10.2 Å². The predicted octanol–water partition coefficient (Wildman–Crippen LogP) is 1.96. The van der Waals surface area contributed by atoms with Crippen molar-refractivity contribution in [3.8, 4) is 0 Å². The van der Waals surface area contributed by atoms with Crippen molar-refractivity contribution in [2.45, 2.75) is 23.0 Å². The first-order chi connectivity index (χ1) is 11.0. The number of benzene rings is 1. The van der Waals surface area contributed by atoms with Gasteiger partial charge in [0.05, 0.1) is 17.1 Å². The van der Waals surface area contributed by atoms with E-state index < -0.39 is 22.8 Å². The highest BCUT2D eigenvalue weighted by Crippen LogP contribution is 2.55. The van der Waals surface area contributed by atoms with Crippen molar-refractivity contribution in [2.75, 3.05) is 0 Å². The van der Waals surface area contributed by atoms with E-state index in [0.717, 1.165) is 4.90 Å². The quantitative estimate of drug-likeness (QED) is 0.714. The minimum absolute atomic E-state index is 0.0437. The Hall–Kier alpha value is -2.32. The van der Waals surface area contributed by atoms with E-state index in [1.165, 1.54) is 0 Å². The number of nitrogens with two attached hydrogens (primary N) is 1. The highest BCUT2D eigenvalue weighted by atomic mass is 35.5. The van der Waals surface area contributed by atoms with Crippen molar-refractivity contribution >= 4 is 45.1 Å². The molecule has 0 fully saturated rings. The molecule has 0 bridgehead atoms. The van der Waals surface area contributed by atoms with Crippen LogP contribution in [-0.4, -0.2) is 31.6 Å². The number of nitrogens with zero attached hydrogens (tertiary/aromatic N) is 3. The summed E-state index contributed by atoms with van der Waals surface area (Å²) in [4.78, 5) is 32.0. The fourth-order valence-electron chi connectivity index (χ4n) is 2.33. The summed E-state index contributed by atoms with van der Waals surface area (Å²) >= 11 is 6.16. The van der Waals surface area contributed by atoms with Crippen molar-refractivity contribution in [1.82, 2.24) is 9.55 Å². The van der Waals surface area contributed by atoms with Gasteiger partial charge in [-0.2, -0.15) is 0 Å². The lowest BCUT2D eigenvalue weighted by Crippen LogP contribution is -2.23. The van der Waals surface area contributed by atoms with Crippen molar-refractivity contribution < 1.29 is 14.7 Å². The van der Waals surface area contributed by atoms with Crippen LogP contribution in [0, 0.1) is 0 Å². The van der Waals surface area contributed by atoms with E-state index in [2.05, 4.69) is 9.98 Å². The fourth-order valence-corrected chi connectivity index (χ4v) is 4.89. The van der Waals surface area contributed by atoms with Gasteiger partial charge in [-0.15, -0.1) is 10.9 Å². The number of thiol groups is 1. The van der Waals surface area contributed by atoms with Gasteiger partial charge in [0.1, 0.15) is 0 Å². The lowest BCUT2D eigenvalue weighted by atomic mass is 10.3. The molecule has 3 rings (SSSR count). The second kappa shape index (κ2) is 6.05. The standard InChI is InChI=1S/C14H13ClN4O3S/c15-8-2-1-3-9-11(8)18-13(12(16)22)23(9)14-17-5-7-19(14)6-4-10(20)21/h1-3,5,7,23H,4,6H2,(H2,16,22)(H,20,21). The minimum Gasteiger partial charge on any atom is -0.481 e. The topological polar surface area (TPSA) is 111 Å². The van der Waals surface area contributed by atoms with Crippen LogP contribution >= 0.6 is 22.5 Å². The van der Waals surface area contributed by atoms with Crippen LogP contribution in [0.2, 0.25) is 5.02 Å². The third-order valence-electron chi connectivity index (χ3n) is 3.32. The van der Waals surface area contributed by atoms with Gasteiger partial charge in [-0.3, -0.25) is 9.59 Å². The molecule has 3 N–H and O–H groups in total. The number of imidazole rings is 1. The number of halogens is 1. The molecule has 0 saturated carbocycles. The Morgan fingerprint density at radius 2 is 2.17 bits per heavy atom. The van der Waals surface area contributed by atoms with Gasteiger partial charge in [-0.25, -0.2) is 9.98 Å². The van der Waals surface area contributed by atoms with Gasteiger partial charge < -0.3 is 15.4 Å². The molecule has 0 aliphatic carbocycles. The van der Waals surface area contributed by atoms with Crippen LogP contribution in [0.1, 0.15) is 6.42 Å². The molecule has 0 saturated heterocycles. The number of hydrogen-bond acceptors (Lipinski definition) is 4. The highest BCUT2D eigenvalue weighted by Gasteiger charge is 2.32. The first-order valence-electron chi connectivity index (χ1n) is 6.69. The molecule has 7 nitrogen and oxygen atoms in total. The number of aromatic nitrogens is 2. The fraction of sp³-hybridized carbons (Fsp3) is 0.143. The number of carboxylic acid groups (broad SMARTS) is 1. The van der Waals surface area contributed by atoms with Crippen LogP contribution < -0.4 is 5.73 Å². The molecule has 1 atom stereocenters. The molecule has 120 valence electrons. The van der Waals surface area contributed by atoms with E-state index in [9.17, 15) is 9.59 Å². The zero-order chi connectivity index (χ0) is 16.6. The van der Waals surface area contributed by atoms with Gasteiger partial charge in [0.2, 0.25) is 0 Å². The van der Waals surface area contributed by atoms with Crippen LogP contribution in [0.3, 0.4) is 0 Å². The number of primary amides is 1. The van der Waals surface area contributed by atoms with E-state index in [1.807, 2.05) is 6.07 Å². The number of rotatable bonds is 5. The second-order valence-electron chi connectivity index (χ2n) is 4.81. The first-order valence-corrected chi connectivity index (χ1v) is 8.41. The molecule has 9 heteroatoms. The van der Waals surface area contributed by atoms with Crippen LogP contribution in [0.15, 0.2) is 45.6 Å². The van der Waals surface area contributed by atoms with Crippen molar-refractivity contribution in [1.29, 1.82) is 0 Å². The number of aliphatic imine (C=N–C) groups is 1. The lowest BCUT2D eigenvalue weighted by Gasteiger charge is -2.18. The molecule has 1 aromatic carbocycles. The third-order valence-corrected chi connectivity index (χ3v) is 5.98. The van der Waals surface area contributed by atoms with E-state index in [-0.39, 0.29) is 18.0 Å². The Kier molecular flexibility index (Phi) is 4.10. The van der Waals surface area contributed by atoms with Gasteiger partial charge in [0.25, 0.3) is 5.91 Å². The van der Waals surface area contributed by atoms with Crippen molar-refractivity contribution in [3.63, 3.8) is 0 Å². The van der Waals surface area contributed by atoms with Gasteiger partial charge >= 0.3 is 5.97 Å². The number of amides is 1. The number of carbonyl (C=O) groups is 2. The molecule has 1 unspecified atom stereocenters. The maximum atomic E-state index is 11.8. The molecule has 1 amide bonds. The summed E-state index contributed by atoms with van der Waals surface area (Å²) in [6.07, 6.45) is 3.21. The van der Waals surface area contributed by atoms with Crippen molar-refractivity contribution in [2.24, 2.45) is 10.7 Å². The number of carboxylic acids is 1. The van der Waals surface area contributed by atoms with Crippen molar-refractivity contribution in [3.05, 3.63) is 35.6 Å². The predicted molar refractivity (Wildman–Crippen MR) is 87.7 cm³/mol. The molecule has 1 aromatic heterocycles. The largest absolute Gasteiger partial charge is 0.481 e. The zero-order valence-corrected chi connectivity index (χ0v) is 13.5. The number of hydrogen-bond donors (Lipinski definition) is 3. The maximum Gasteiger partial charge on any atom is 0.305 e. The summed E-state index contributed by atoms with van der Waals surface area (Å²) in [5.74, 6) is -1.53. The van der Waals surface area contributed by atoms with E-state index in [4.69, 9.17) is 22.4 Å². The molecule has 0 radical (unpaired) electrons. The Morgan fingerprint density at radius 3 is 2.87 bits per heavy atom. The summed E-state index contributed by atoms with van der Waals surface area (Å²) in [6.45, 7) is 0.255. The Balaban J connectivity index is 2.07. The Morgan fingerprint density at radius 1 is 1.39 bits per heavy atom. The highest BCUT2D eigenvalue weighted by molar-refractivity contribution is 8.31. The van der Waals surface area contributed by atoms with Crippen LogP contribution in [0.5, 0.6) is 0 Å². The lowest BCUT2D eigenvalue weighted by molar-refractivity contribution is -0.137. The number of fused-ring (bicyclic) bond motifs is 1. The van der Waals surface area contributed by atoms with Gasteiger partial charge in [0, 0.05) is 23.8 Å². The number of para-hydroxylation sites is 1. The molecule has 0 spiro atoms. The SMILES string of the molecule is NC(=O)C1=Nc2c(Cl)cccc2[SH]1c1nccn1CCC(=O)O. The number of carbonyl (C=O) groups excluding carboxylic acids is 1. The second-order valence-corrected chi connectivity index (χ2v) is 7.19. The normalized spacial score (nSPS) is 17.6. The third kappa shape index (κ3) is 2.82. The Labute approximate surface area is 139 Å². The molecular formula is C14H13ClN4O3S. The van der Waals surface area contributed by atoms with Crippen LogP contribution in [0.25, 0.3) is 0 Å². The minimum atomic E-state index is -1.34.